The second-order valence-corrected chi connectivity index (χ2v) is 6.56. The van der Waals surface area contributed by atoms with Crippen LogP contribution in [-0.4, -0.2) is 47.6 Å². The van der Waals surface area contributed by atoms with E-state index in [9.17, 15) is 14.7 Å². The highest BCUT2D eigenvalue weighted by atomic mass is 16.3. The zero-order valence-corrected chi connectivity index (χ0v) is 12.5. The first-order valence-electron chi connectivity index (χ1n) is 7.68. The number of piperidine rings is 1. The maximum Gasteiger partial charge on any atom is 0.241 e. The van der Waals surface area contributed by atoms with Crippen molar-refractivity contribution >= 4 is 11.8 Å². The number of nitrogens with zero attached hydrogens (tertiary/aromatic N) is 1. The van der Waals surface area contributed by atoms with Crippen LogP contribution < -0.4 is 5.32 Å². The molecule has 2 fully saturated rings. The number of aliphatic hydroxyl groups is 1. The van der Waals surface area contributed by atoms with Gasteiger partial charge in [-0.25, -0.2) is 0 Å². The molecular weight excluding hydrogens is 256 g/mol. The van der Waals surface area contributed by atoms with Gasteiger partial charge < -0.3 is 15.3 Å². The molecule has 1 saturated carbocycles. The Morgan fingerprint density at radius 1 is 1.35 bits per heavy atom. The Morgan fingerprint density at radius 2 is 2.05 bits per heavy atom. The molecule has 1 aliphatic carbocycles. The van der Waals surface area contributed by atoms with Crippen molar-refractivity contribution in [3.05, 3.63) is 0 Å². The Balaban J connectivity index is 1.89. The van der Waals surface area contributed by atoms with E-state index in [-0.39, 0.29) is 35.8 Å². The van der Waals surface area contributed by atoms with E-state index in [0.717, 1.165) is 38.6 Å². The Bertz CT molecular complexity index is 383. The Hall–Kier alpha value is -1.10. The van der Waals surface area contributed by atoms with E-state index >= 15 is 0 Å². The normalized spacial score (nSPS) is 30.0. The van der Waals surface area contributed by atoms with Crippen LogP contribution in [0.15, 0.2) is 0 Å². The van der Waals surface area contributed by atoms with E-state index in [4.69, 9.17) is 0 Å². The lowest BCUT2D eigenvalue weighted by atomic mass is 9.76. The summed E-state index contributed by atoms with van der Waals surface area (Å²) < 4.78 is 0. The van der Waals surface area contributed by atoms with Crippen LogP contribution in [0.4, 0.5) is 0 Å². The van der Waals surface area contributed by atoms with Crippen LogP contribution in [0, 0.1) is 11.3 Å². The standard InChI is InChI=1S/C15H26N2O3/c1-11(2)14(20)16-9-13(19)17-8-4-7-15(10-17)6-3-5-12(15)18/h11-12,18H,3-10H2,1-2H3,(H,16,20)/t12-,15+/m1/s1. The highest BCUT2D eigenvalue weighted by Crippen LogP contribution is 2.44. The summed E-state index contributed by atoms with van der Waals surface area (Å²) in [4.78, 5) is 25.5. The molecule has 114 valence electrons. The maximum atomic E-state index is 12.2. The summed E-state index contributed by atoms with van der Waals surface area (Å²) in [5.74, 6) is -0.227. The van der Waals surface area contributed by atoms with E-state index in [1.807, 2.05) is 18.7 Å². The summed E-state index contributed by atoms with van der Waals surface area (Å²) in [7, 11) is 0. The molecule has 2 amide bonds. The third-order valence-corrected chi connectivity index (χ3v) is 4.76. The van der Waals surface area contributed by atoms with Crippen LogP contribution in [0.25, 0.3) is 0 Å². The SMILES string of the molecule is CC(C)C(=O)NCC(=O)N1CCC[C@@]2(CCC[C@H]2O)C1. The van der Waals surface area contributed by atoms with Crippen LogP contribution in [0.2, 0.25) is 0 Å². The molecule has 2 rings (SSSR count). The van der Waals surface area contributed by atoms with E-state index in [2.05, 4.69) is 5.32 Å². The second kappa shape index (κ2) is 6.12. The molecular formula is C15H26N2O3. The topological polar surface area (TPSA) is 69.6 Å². The molecule has 5 heteroatoms. The molecule has 0 aromatic heterocycles. The summed E-state index contributed by atoms with van der Waals surface area (Å²) in [6.45, 7) is 5.08. The Kier molecular flexibility index (Phi) is 4.68. The molecule has 1 heterocycles. The maximum absolute atomic E-state index is 12.2. The van der Waals surface area contributed by atoms with Crippen LogP contribution in [-0.2, 0) is 9.59 Å². The minimum atomic E-state index is -0.275. The van der Waals surface area contributed by atoms with Gasteiger partial charge in [0, 0.05) is 24.4 Å². The second-order valence-electron chi connectivity index (χ2n) is 6.56. The minimum Gasteiger partial charge on any atom is -0.392 e. The fraction of sp³-hybridized carbons (Fsp3) is 0.867. The first kappa shape index (κ1) is 15.3. The predicted molar refractivity (Wildman–Crippen MR) is 76.0 cm³/mol. The number of nitrogens with one attached hydrogen (secondary N) is 1. The summed E-state index contributed by atoms with van der Waals surface area (Å²) >= 11 is 0. The van der Waals surface area contributed by atoms with Gasteiger partial charge in [0.2, 0.25) is 11.8 Å². The van der Waals surface area contributed by atoms with Crippen molar-refractivity contribution in [2.75, 3.05) is 19.6 Å². The zero-order valence-electron chi connectivity index (χ0n) is 12.5. The van der Waals surface area contributed by atoms with Gasteiger partial charge in [0.05, 0.1) is 12.6 Å². The van der Waals surface area contributed by atoms with Crippen molar-refractivity contribution in [3.8, 4) is 0 Å². The van der Waals surface area contributed by atoms with Gasteiger partial charge in [0.25, 0.3) is 0 Å². The molecule has 0 aromatic rings. The van der Waals surface area contributed by atoms with E-state index < -0.39 is 0 Å². The van der Waals surface area contributed by atoms with Crippen molar-refractivity contribution in [2.45, 2.75) is 52.1 Å². The predicted octanol–water partition coefficient (Wildman–Crippen LogP) is 0.912. The largest absolute Gasteiger partial charge is 0.392 e. The van der Waals surface area contributed by atoms with Gasteiger partial charge in [-0.15, -0.1) is 0 Å². The summed E-state index contributed by atoms with van der Waals surface area (Å²) in [6, 6.07) is 0. The fourth-order valence-electron chi connectivity index (χ4n) is 3.45. The Morgan fingerprint density at radius 3 is 2.65 bits per heavy atom. The van der Waals surface area contributed by atoms with Gasteiger partial charge in [-0.1, -0.05) is 20.3 Å². The van der Waals surface area contributed by atoms with Crippen molar-refractivity contribution in [1.82, 2.24) is 10.2 Å². The van der Waals surface area contributed by atoms with Crippen molar-refractivity contribution in [3.63, 3.8) is 0 Å². The number of amides is 2. The molecule has 2 N–H and O–H groups in total. The van der Waals surface area contributed by atoms with Crippen molar-refractivity contribution in [1.29, 1.82) is 0 Å². The average molecular weight is 282 g/mol. The molecule has 0 aromatic carbocycles. The lowest BCUT2D eigenvalue weighted by Crippen LogP contribution is -2.51. The van der Waals surface area contributed by atoms with Crippen LogP contribution in [0.1, 0.15) is 46.0 Å². The fourth-order valence-corrected chi connectivity index (χ4v) is 3.45. The highest BCUT2D eigenvalue weighted by molar-refractivity contribution is 5.85. The molecule has 2 aliphatic rings. The number of likely N-dealkylation sites (tertiary alicyclic amines) is 1. The summed E-state index contributed by atoms with van der Waals surface area (Å²) in [6.07, 6.45) is 4.59. The van der Waals surface area contributed by atoms with Gasteiger partial charge in [-0.2, -0.15) is 0 Å². The number of aliphatic hydroxyl groups excluding tert-OH is 1. The molecule has 1 spiro atoms. The molecule has 20 heavy (non-hydrogen) atoms. The summed E-state index contributed by atoms with van der Waals surface area (Å²) in [5, 5.41) is 12.9. The molecule has 2 atom stereocenters. The number of carbonyl (C=O) groups is 2. The molecule has 1 saturated heterocycles. The van der Waals surface area contributed by atoms with E-state index in [1.165, 1.54) is 0 Å². The van der Waals surface area contributed by atoms with Crippen molar-refractivity contribution in [2.24, 2.45) is 11.3 Å². The van der Waals surface area contributed by atoms with Gasteiger partial charge in [-0.3, -0.25) is 9.59 Å². The first-order valence-corrected chi connectivity index (χ1v) is 7.68. The van der Waals surface area contributed by atoms with Gasteiger partial charge in [-0.05, 0) is 25.7 Å². The van der Waals surface area contributed by atoms with Crippen LogP contribution in [0.3, 0.4) is 0 Å². The lowest BCUT2D eigenvalue weighted by molar-refractivity contribution is -0.137. The quantitative estimate of drug-likeness (QED) is 0.808. The summed E-state index contributed by atoms with van der Waals surface area (Å²) in [5.41, 5.74) is -0.0873. The molecule has 0 bridgehead atoms. The first-order chi connectivity index (χ1) is 9.44. The zero-order chi connectivity index (χ0) is 14.8. The van der Waals surface area contributed by atoms with Gasteiger partial charge >= 0.3 is 0 Å². The van der Waals surface area contributed by atoms with Gasteiger partial charge in [0.15, 0.2) is 0 Å². The highest BCUT2D eigenvalue weighted by Gasteiger charge is 2.45. The monoisotopic (exact) mass is 282 g/mol. The molecule has 0 radical (unpaired) electrons. The molecule has 1 aliphatic heterocycles. The number of rotatable bonds is 3. The lowest BCUT2D eigenvalue weighted by Gasteiger charge is -2.42. The number of hydrogen-bond acceptors (Lipinski definition) is 3. The van der Waals surface area contributed by atoms with Crippen molar-refractivity contribution < 1.29 is 14.7 Å². The molecule has 0 unspecified atom stereocenters. The van der Waals surface area contributed by atoms with Crippen LogP contribution in [0.5, 0.6) is 0 Å². The number of carbonyl (C=O) groups excluding carboxylic acids is 2. The van der Waals surface area contributed by atoms with E-state index in [0.29, 0.717) is 6.54 Å². The number of hydrogen-bond donors (Lipinski definition) is 2. The average Bonchev–Trinajstić information content (AvgIpc) is 2.76. The van der Waals surface area contributed by atoms with Crippen LogP contribution >= 0.6 is 0 Å². The van der Waals surface area contributed by atoms with E-state index in [1.54, 1.807) is 0 Å². The third-order valence-electron chi connectivity index (χ3n) is 4.76. The van der Waals surface area contributed by atoms with Gasteiger partial charge in [0.1, 0.15) is 0 Å². The molecule has 5 nitrogen and oxygen atoms in total. The Labute approximate surface area is 120 Å². The third kappa shape index (κ3) is 3.14. The smallest absolute Gasteiger partial charge is 0.241 e. The minimum absolute atomic E-state index is 0.0304.